The highest BCUT2D eigenvalue weighted by atomic mass is 16.5. The Labute approximate surface area is 118 Å². The maximum absolute atomic E-state index is 6.08. The summed E-state index contributed by atoms with van der Waals surface area (Å²) in [6.07, 6.45) is 9.24. The Balaban J connectivity index is 1.84. The van der Waals surface area contributed by atoms with Gasteiger partial charge in [-0.3, -0.25) is 0 Å². The maximum atomic E-state index is 6.08. The molecular formula is C16H32N2O. The molecule has 0 aromatic heterocycles. The van der Waals surface area contributed by atoms with E-state index in [4.69, 9.17) is 10.5 Å². The number of nitrogens with two attached hydrogens (primary N) is 1. The average molecular weight is 268 g/mol. The fraction of sp³-hybridized carbons (Fsp3) is 1.00. The van der Waals surface area contributed by atoms with Gasteiger partial charge in [-0.2, -0.15) is 0 Å². The fourth-order valence-corrected chi connectivity index (χ4v) is 3.88. The van der Waals surface area contributed by atoms with Gasteiger partial charge < -0.3 is 15.4 Å². The van der Waals surface area contributed by atoms with Crippen LogP contribution in [0, 0.1) is 11.3 Å². The van der Waals surface area contributed by atoms with Gasteiger partial charge in [0.25, 0.3) is 0 Å². The van der Waals surface area contributed by atoms with Gasteiger partial charge in [0.1, 0.15) is 0 Å². The topological polar surface area (TPSA) is 38.5 Å². The molecule has 1 saturated heterocycles. The highest BCUT2D eigenvalue weighted by Crippen LogP contribution is 2.34. The van der Waals surface area contributed by atoms with Gasteiger partial charge in [-0.15, -0.1) is 0 Å². The van der Waals surface area contributed by atoms with E-state index < -0.39 is 0 Å². The third-order valence-corrected chi connectivity index (χ3v) is 5.59. The summed E-state index contributed by atoms with van der Waals surface area (Å²) in [5.74, 6) is 0.983. The molecule has 0 atom stereocenters. The van der Waals surface area contributed by atoms with Crippen LogP contribution < -0.4 is 5.73 Å². The zero-order valence-electron chi connectivity index (χ0n) is 12.9. The van der Waals surface area contributed by atoms with Crippen LogP contribution in [-0.2, 0) is 4.74 Å². The molecule has 1 aliphatic heterocycles. The zero-order chi connectivity index (χ0) is 13.7. The first-order chi connectivity index (χ1) is 9.19. The number of rotatable bonds is 5. The minimum atomic E-state index is 0.314. The van der Waals surface area contributed by atoms with Crippen molar-refractivity contribution >= 4 is 0 Å². The van der Waals surface area contributed by atoms with Crippen molar-refractivity contribution in [2.45, 2.75) is 57.9 Å². The SMILES string of the molecule is CCC1CCC(N(C)CC2(CN)CCOCC2)CC1. The molecule has 0 unspecified atom stereocenters. The minimum Gasteiger partial charge on any atom is -0.381 e. The van der Waals surface area contributed by atoms with Crippen LogP contribution in [0.4, 0.5) is 0 Å². The Morgan fingerprint density at radius 3 is 2.32 bits per heavy atom. The summed E-state index contributed by atoms with van der Waals surface area (Å²) in [6, 6.07) is 0.786. The molecule has 2 aliphatic rings. The number of nitrogens with zero attached hydrogens (tertiary/aromatic N) is 1. The second-order valence-corrected chi connectivity index (χ2v) is 6.81. The van der Waals surface area contributed by atoms with Gasteiger partial charge >= 0.3 is 0 Å². The highest BCUT2D eigenvalue weighted by Gasteiger charge is 2.34. The van der Waals surface area contributed by atoms with Crippen LogP contribution in [0.1, 0.15) is 51.9 Å². The van der Waals surface area contributed by atoms with Crippen molar-refractivity contribution in [2.75, 3.05) is 33.4 Å². The maximum Gasteiger partial charge on any atom is 0.0472 e. The first kappa shape index (κ1) is 15.3. The molecule has 112 valence electrons. The van der Waals surface area contributed by atoms with E-state index in [-0.39, 0.29) is 0 Å². The molecule has 0 bridgehead atoms. The third kappa shape index (κ3) is 3.93. The molecule has 0 radical (unpaired) electrons. The van der Waals surface area contributed by atoms with Gasteiger partial charge in [0.2, 0.25) is 0 Å². The fourth-order valence-electron chi connectivity index (χ4n) is 3.88. The summed E-state index contributed by atoms with van der Waals surface area (Å²) in [6.45, 7) is 6.10. The largest absolute Gasteiger partial charge is 0.381 e. The van der Waals surface area contributed by atoms with Crippen molar-refractivity contribution in [3.63, 3.8) is 0 Å². The summed E-state index contributed by atoms with van der Waals surface area (Å²) in [5, 5.41) is 0. The normalized spacial score (nSPS) is 31.6. The van der Waals surface area contributed by atoms with Gasteiger partial charge in [0.15, 0.2) is 0 Å². The van der Waals surface area contributed by atoms with E-state index in [0.717, 1.165) is 51.1 Å². The van der Waals surface area contributed by atoms with Crippen LogP contribution in [0.2, 0.25) is 0 Å². The van der Waals surface area contributed by atoms with E-state index in [1.54, 1.807) is 0 Å². The molecule has 3 nitrogen and oxygen atoms in total. The van der Waals surface area contributed by atoms with Crippen LogP contribution in [0.5, 0.6) is 0 Å². The van der Waals surface area contributed by atoms with Gasteiger partial charge in [-0.05, 0) is 63.5 Å². The molecule has 0 aromatic rings. The van der Waals surface area contributed by atoms with Crippen LogP contribution in [0.25, 0.3) is 0 Å². The van der Waals surface area contributed by atoms with E-state index in [1.807, 2.05) is 0 Å². The summed E-state index contributed by atoms with van der Waals surface area (Å²) in [5.41, 5.74) is 6.39. The molecule has 19 heavy (non-hydrogen) atoms. The predicted molar refractivity (Wildman–Crippen MR) is 80.2 cm³/mol. The van der Waals surface area contributed by atoms with E-state index >= 15 is 0 Å². The standard InChI is InChI=1S/C16H32N2O/c1-3-14-4-6-15(7-5-14)18(2)13-16(12-17)8-10-19-11-9-16/h14-15H,3-13,17H2,1-2H3. The molecule has 0 spiro atoms. The summed E-state index contributed by atoms with van der Waals surface area (Å²) in [7, 11) is 2.31. The lowest BCUT2D eigenvalue weighted by Crippen LogP contribution is -2.48. The highest BCUT2D eigenvalue weighted by molar-refractivity contribution is 4.88. The number of ether oxygens (including phenoxy) is 1. The Hall–Kier alpha value is -0.120. The van der Waals surface area contributed by atoms with Crippen molar-refractivity contribution in [1.29, 1.82) is 0 Å². The second-order valence-electron chi connectivity index (χ2n) is 6.81. The van der Waals surface area contributed by atoms with Crippen molar-refractivity contribution < 1.29 is 4.74 Å². The lowest BCUT2D eigenvalue weighted by Gasteiger charge is -2.43. The quantitative estimate of drug-likeness (QED) is 0.833. The first-order valence-corrected chi connectivity index (χ1v) is 8.17. The zero-order valence-corrected chi connectivity index (χ0v) is 12.9. The molecular weight excluding hydrogens is 236 g/mol. The van der Waals surface area contributed by atoms with E-state index in [0.29, 0.717) is 5.41 Å². The number of hydrogen-bond donors (Lipinski definition) is 1. The van der Waals surface area contributed by atoms with Crippen molar-refractivity contribution in [1.82, 2.24) is 4.90 Å². The van der Waals surface area contributed by atoms with Gasteiger partial charge in [0.05, 0.1) is 0 Å². The summed E-state index contributed by atoms with van der Waals surface area (Å²) < 4.78 is 5.51. The Kier molecular flexibility index (Phi) is 5.67. The Bertz CT molecular complexity index is 255. The average Bonchev–Trinajstić information content (AvgIpc) is 2.48. The lowest BCUT2D eigenvalue weighted by atomic mass is 9.78. The van der Waals surface area contributed by atoms with E-state index in [1.165, 1.54) is 32.1 Å². The van der Waals surface area contributed by atoms with Gasteiger partial charge in [-0.1, -0.05) is 13.3 Å². The van der Waals surface area contributed by atoms with Crippen molar-refractivity contribution in [2.24, 2.45) is 17.1 Å². The Morgan fingerprint density at radius 2 is 1.79 bits per heavy atom. The molecule has 1 saturated carbocycles. The molecule has 1 aliphatic carbocycles. The third-order valence-electron chi connectivity index (χ3n) is 5.59. The summed E-state index contributed by atoms with van der Waals surface area (Å²) in [4.78, 5) is 2.60. The molecule has 3 heteroatoms. The minimum absolute atomic E-state index is 0.314. The Morgan fingerprint density at radius 1 is 1.16 bits per heavy atom. The van der Waals surface area contributed by atoms with E-state index in [2.05, 4.69) is 18.9 Å². The first-order valence-electron chi connectivity index (χ1n) is 8.17. The van der Waals surface area contributed by atoms with Crippen LogP contribution in [0.3, 0.4) is 0 Å². The van der Waals surface area contributed by atoms with E-state index in [9.17, 15) is 0 Å². The molecule has 0 amide bonds. The van der Waals surface area contributed by atoms with Crippen molar-refractivity contribution in [3.8, 4) is 0 Å². The molecule has 1 heterocycles. The van der Waals surface area contributed by atoms with Crippen molar-refractivity contribution in [3.05, 3.63) is 0 Å². The smallest absolute Gasteiger partial charge is 0.0472 e. The van der Waals surface area contributed by atoms with Gasteiger partial charge in [-0.25, -0.2) is 0 Å². The van der Waals surface area contributed by atoms with Crippen LogP contribution in [-0.4, -0.2) is 44.3 Å². The van der Waals surface area contributed by atoms with Crippen LogP contribution in [0.15, 0.2) is 0 Å². The molecule has 2 rings (SSSR count). The second kappa shape index (κ2) is 7.05. The van der Waals surface area contributed by atoms with Gasteiger partial charge in [0, 0.05) is 25.8 Å². The number of hydrogen-bond acceptors (Lipinski definition) is 3. The monoisotopic (exact) mass is 268 g/mol. The molecule has 2 fully saturated rings. The van der Waals surface area contributed by atoms with Crippen LogP contribution >= 0.6 is 0 Å². The molecule has 2 N–H and O–H groups in total. The predicted octanol–water partition coefficient (Wildman–Crippen LogP) is 2.64. The lowest BCUT2D eigenvalue weighted by molar-refractivity contribution is -0.00635. The molecule has 0 aromatic carbocycles. The summed E-state index contributed by atoms with van der Waals surface area (Å²) >= 11 is 0.